The monoisotopic (exact) mass is 250 g/mol. The van der Waals surface area contributed by atoms with Crippen molar-refractivity contribution in [3.8, 4) is 6.07 Å². The van der Waals surface area contributed by atoms with Crippen LogP contribution in [-0.4, -0.2) is 27.4 Å². The van der Waals surface area contributed by atoms with Crippen LogP contribution < -0.4 is 0 Å². The lowest BCUT2D eigenvalue weighted by Crippen LogP contribution is -2.15. The minimum atomic E-state index is -2.10. The number of nitrogens with zero attached hydrogens (tertiary/aromatic N) is 2. The highest BCUT2D eigenvalue weighted by molar-refractivity contribution is 5.85. The molecule has 0 spiro atoms. The molecular weight excluding hydrogens is 244 g/mol. The lowest BCUT2D eigenvalue weighted by molar-refractivity contribution is -0.384. The van der Waals surface area contributed by atoms with E-state index in [1.807, 2.05) is 0 Å². The van der Waals surface area contributed by atoms with Gasteiger partial charge >= 0.3 is 5.97 Å². The van der Waals surface area contributed by atoms with Crippen LogP contribution in [0.5, 0.6) is 0 Å². The summed E-state index contributed by atoms with van der Waals surface area (Å²) in [6.07, 6.45) is -1.95. The number of benzene rings is 1. The van der Waals surface area contributed by atoms with Crippen molar-refractivity contribution in [2.24, 2.45) is 0 Å². The Bertz CT molecular complexity index is 574. The molecule has 0 aliphatic rings. The van der Waals surface area contributed by atoms with Crippen LogP contribution in [0.4, 0.5) is 5.69 Å². The molecule has 18 heavy (non-hydrogen) atoms. The van der Waals surface area contributed by atoms with Crippen LogP contribution in [0.15, 0.2) is 12.1 Å². The number of non-ortho nitro benzene ring substituents is 1. The smallest absolute Gasteiger partial charge is 0.337 e. The van der Waals surface area contributed by atoms with E-state index in [-0.39, 0.29) is 6.29 Å². The Labute approximate surface area is 99.8 Å². The highest BCUT2D eigenvalue weighted by Gasteiger charge is 2.26. The quantitative estimate of drug-likeness (QED) is 0.447. The maximum atomic E-state index is 10.8. The Balaban J connectivity index is 3.60. The number of carbonyl (C=O) groups excluding carboxylic acids is 1. The minimum absolute atomic E-state index is 0.148. The molecule has 1 atom stereocenters. The number of aliphatic carboxylic acids is 1. The number of hydrogen-bond donors (Lipinski definition) is 2. The summed E-state index contributed by atoms with van der Waals surface area (Å²) in [5, 5.41) is 37.4. The molecule has 8 nitrogen and oxygen atoms in total. The first-order valence-electron chi connectivity index (χ1n) is 4.50. The Kier molecular flexibility index (Phi) is 3.71. The highest BCUT2D eigenvalue weighted by atomic mass is 16.6. The molecule has 1 aromatic rings. The van der Waals surface area contributed by atoms with Gasteiger partial charge in [0.2, 0.25) is 0 Å². The maximum absolute atomic E-state index is 10.8. The van der Waals surface area contributed by atoms with Crippen molar-refractivity contribution in [3.63, 3.8) is 0 Å². The predicted octanol–water partition coefficient (Wildman–Crippen LogP) is 0.397. The van der Waals surface area contributed by atoms with E-state index in [1.54, 1.807) is 0 Å². The van der Waals surface area contributed by atoms with Crippen molar-refractivity contribution in [1.29, 1.82) is 5.26 Å². The summed E-state index contributed by atoms with van der Waals surface area (Å²) in [7, 11) is 0. The number of aliphatic hydroxyl groups excluding tert-OH is 1. The van der Waals surface area contributed by atoms with E-state index < -0.39 is 39.4 Å². The van der Waals surface area contributed by atoms with Gasteiger partial charge in [-0.15, -0.1) is 0 Å². The van der Waals surface area contributed by atoms with E-state index in [0.717, 1.165) is 12.1 Å². The second kappa shape index (κ2) is 5.03. The average Bonchev–Trinajstić information content (AvgIpc) is 2.35. The molecule has 0 aromatic heterocycles. The number of carboxylic acid groups (broad SMARTS) is 1. The number of aliphatic hydroxyl groups is 1. The van der Waals surface area contributed by atoms with Gasteiger partial charge in [0, 0.05) is 23.3 Å². The number of rotatable bonds is 4. The molecule has 2 N–H and O–H groups in total. The Morgan fingerprint density at radius 3 is 2.56 bits per heavy atom. The van der Waals surface area contributed by atoms with E-state index in [4.69, 9.17) is 10.4 Å². The van der Waals surface area contributed by atoms with Crippen molar-refractivity contribution < 1.29 is 24.7 Å². The zero-order chi connectivity index (χ0) is 13.9. The molecule has 0 aliphatic heterocycles. The van der Waals surface area contributed by atoms with Crippen molar-refractivity contribution in [1.82, 2.24) is 0 Å². The van der Waals surface area contributed by atoms with Gasteiger partial charge < -0.3 is 10.2 Å². The van der Waals surface area contributed by atoms with E-state index in [9.17, 15) is 24.8 Å². The van der Waals surface area contributed by atoms with Gasteiger partial charge in [0.15, 0.2) is 12.4 Å². The summed E-state index contributed by atoms with van der Waals surface area (Å²) in [6, 6.07) is 3.12. The maximum Gasteiger partial charge on any atom is 0.337 e. The largest absolute Gasteiger partial charge is 0.479 e. The molecule has 0 saturated heterocycles. The number of hydrogen-bond acceptors (Lipinski definition) is 6. The standard InChI is InChI=1S/C10H6N2O6/c11-3-5-1-7(12(17)18)2-6(4-13)8(5)9(14)10(15)16/h1-2,4,9,14H,(H,15,16). The molecule has 0 radical (unpaired) electrons. The van der Waals surface area contributed by atoms with Gasteiger partial charge in [-0.05, 0) is 0 Å². The van der Waals surface area contributed by atoms with Gasteiger partial charge in [0.1, 0.15) is 0 Å². The summed E-state index contributed by atoms with van der Waals surface area (Å²) < 4.78 is 0. The van der Waals surface area contributed by atoms with Crippen molar-refractivity contribution in [3.05, 3.63) is 38.9 Å². The first-order valence-corrected chi connectivity index (χ1v) is 4.50. The third-order valence-electron chi connectivity index (χ3n) is 2.16. The molecule has 0 saturated carbocycles. The number of nitriles is 1. The van der Waals surface area contributed by atoms with Crippen molar-refractivity contribution in [2.45, 2.75) is 6.10 Å². The van der Waals surface area contributed by atoms with Crippen LogP contribution in [0.1, 0.15) is 27.6 Å². The number of aldehydes is 1. The third kappa shape index (κ3) is 2.31. The zero-order valence-electron chi connectivity index (χ0n) is 8.73. The van der Waals surface area contributed by atoms with Crippen LogP contribution in [0.25, 0.3) is 0 Å². The van der Waals surface area contributed by atoms with E-state index in [2.05, 4.69) is 0 Å². The van der Waals surface area contributed by atoms with Gasteiger partial charge in [0.25, 0.3) is 5.69 Å². The first-order chi connectivity index (χ1) is 8.42. The van der Waals surface area contributed by atoms with Gasteiger partial charge in [0.05, 0.1) is 16.6 Å². The van der Waals surface area contributed by atoms with Crippen LogP contribution in [0.2, 0.25) is 0 Å². The summed E-state index contributed by atoms with van der Waals surface area (Å²) in [5.41, 5.74) is -1.82. The van der Waals surface area contributed by atoms with Crippen molar-refractivity contribution in [2.75, 3.05) is 0 Å². The Hall–Kier alpha value is -2.79. The SMILES string of the molecule is N#Cc1cc([N+](=O)[O-])cc(C=O)c1C(O)C(=O)O. The normalized spacial score (nSPS) is 11.3. The molecule has 1 unspecified atom stereocenters. The molecule has 0 bridgehead atoms. The summed E-state index contributed by atoms with van der Waals surface area (Å²) in [5.74, 6) is -1.66. The van der Waals surface area contributed by atoms with Crippen LogP contribution >= 0.6 is 0 Å². The molecule has 0 amide bonds. The summed E-state index contributed by atoms with van der Waals surface area (Å²) in [4.78, 5) is 31.1. The van der Waals surface area contributed by atoms with E-state index in [0.29, 0.717) is 0 Å². The summed E-state index contributed by atoms with van der Waals surface area (Å²) >= 11 is 0. The fourth-order valence-corrected chi connectivity index (χ4v) is 1.38. The topological polar surface area (TPSA) is 142 Å². The number of carboxylic acids is 1. The first kappa shape index (κ1) is 13.3. The molecular formula is C10H6N2O6. The van der Waals surface area contributed by atoms with Gasteiger partial charge in [-0.25, -0.2) is 4.79 Å². The average molecular weight is 250 g/mol. The number of carbonyl (C=O) groups is 2. The molecule has 8 heteroatoms. The number of nitro groups is 1. The highest BCUT2D eigenvalue weighted by Crippen LogP contribution is 2.26. The van der Waals surface area contributed by atoms with Gasteiger partial charge in [-0.2, -0.15) is 5.26 Å². The molecule has 0 heterocycles. The van der Waals surface area contributed by atoms with Crippen LogP contribution in [0, 0.1) is 21.4 Å². The van der Waals surface area contributed by atoms with Gasteiger partial charge in [-0.3, -0.25) is 14.9 Å². The van der Waals surface area contributed by atoms with E-state index >= 15 is 0 Å². The molecule has 1 rings (SSSR count). The molecule has 0 aliphatic carbocycles. The summed E-state index contributed by atoms with van der Waals surface area (Å²) in [6.45, 7) is 0. The Morgan fingerprint density at radius 2 is 2.17 bits per heavy atom. The molecule has 92 valence electrons. The molecule has 1 aromatic carbocycles. The lowest BCUT2D eigenvalue weighted by Gasteiger charge is -2.10. The van der Waals surface area contributed by atoms with E-state index in [1.165, 1.54) is 6.07 Å². The van der Waals surface area contributed by atoms with Crippen LogP contribution in [-0.2, 0) is 4.79 Å². The second-order valence-corrected chi connectivity index (χ2v) is 3.22. The fraction of sp³-hybridized carbons (Fsp3) is 0.100. The van der Waals surface area contributed by atoms with Crippen molar-refractivity contribution >= 4 is 17.9 Å². The zero-order valence-corrected chi connectivity index (χ0v) is 8.73. The molecule has 0 fully saturated rings. The second-order valence-electron chi connectivity index (χ2n) is 3.22. The predicted molar refractivity (Wildman–Crippen MR) is 55.8 cm³/mol. The van der Waals surface area contributed by atoms with Crippen LogP contribution in [0.3, 0.4) is 0 Å². The lowest BCUT2D eigenvalue weighted by atomic mass is 9.96. The number of nitro benzene ring substituents is 1. The Morgan fingerprint density at radius 1 is 1.56 bits per heavy atom. The fourth-order valence-electron chi connectivity index (χ4n) is 1.38. The van der Waals surface area contributed by atoms with Gasteiger partial charge in [-0.1, -0.05) is 0 Å². The minimum Gasteiger partial charge on any atom is -0.479 e. The third-order valence-corrected chi connectivity index (χ3v) is 2.16.